The molecule has 3 aliphatic rings. The summed E-state index contributed by atoms with van der Waals surface area (Å²) in [4.78, 5) is 49.2. The van der Waals surface area contributed by atoms with E-state index in [1.54, 1.807) is 12.1 Å². The monoisotopic (exact) mass is 481 g/mol. The number of benzene rings is 1. The molecule has 1 aromatic carbocycles. The van der Waals surface area contributed by atoms with Gasteiger partial charge in [0.2, 0.25) is 11.8 Å². The zero-order chi connectivity index (χ0) is 24.7. The van der Waals surface area contributed by atoms with Crippen LogP contribution < -0.4 is 10.6 Å². The molecule has 9 nitrogen and oxygen atoms in total. The Morgan fingerprint density at radius 2 is 2.03 bits per heavy atom. The Labute approximate surface area is 192 Å². The lowest BCUT2D eigenvalue weighted by Crippen LogP contribution is -2.60. The SMILES string of the molecule is O=C1CCC([N+]2([O-])Cc3c(CNC(=O)C4C=CCC(OC(F)(F)F)C4)cccc3C2=O)C(=O)N1. The van der Waals surface area contributed by atoms with E-state index < -0.39 is 52.7 Å². The highest BCUT2D eigenvalue weighted by Crippen LogP contribution is 2.36. The van der Waals surface area contributed by atoms with Crippen molar-refractivity contribution in [2.45, 2.75) is 57.3 Å². The number of imide groups is 1. The van der Waals surface area contributed by atoms with E-state index in [-0.39, 0.29) is 44.3 Å². The Morgan fingerprint density at radius 1 is 1.26 bits per heavy atom. The van der Waals surface area contributed by atoms with Crippen LogP contribution in [0.3, 0.4) is 0 Å². The topological polar surface area (TPSA) is 125 Å². The van der Waals surface area contributed by atoms with Gasteiger partial charge in [-0.1, -0.05) is 24.3 Å². The fourth-order valence-electron chi connectivity index (χ4n) is 4.68. The predicted octanol–water partition coefficient (Wildman–Crippen LogP) is 1.95. The van der Waals surface area contributed by atoms with Crippen LogP contribution in [0.15, 0.2) is 30.4 Å². The molecule has 1 fully saturated rings. The Bertz CT molecular complexity index is 1070. The van der Waals surface area contributed by atoms with Crippen molar-refractivity contribution in [1.29, 1.82) is 0 Å². The highest BCUT2D eigenvalue weighted by atomic mass is 19.4. The predicted molar refractivity (Wildman–Crippen MR) is 109 cm³/mol. The highest BCUT2D eigenvalue weighted by Gasteiger charge is 2.50. The number of carbonyl (C=O) groups excluding carboxylic acids is 4. The fourth-order valence-corrected chi connectivity index (χ4v) is 4.68. The van der Waals surface area contributed by atoms with E-state index in [4.69, 9.17) is 0 Å². The van der Waals surface area contributed by atoms with Crippen LogP contribution in [0.4, 0.5) is 13.2 Å². The third-order valence-corrected chi connectivity index (χ3v) is 6.33. The second-order valence-corrected chi connectivity index (χ2v) is 8.58. The second kappa shape index (κ2) is 8.93. The first-order valence-electron chi connectivity index (χ1n) is 10.7. The molecule has 0 aromatic heterocycles. The number of fused-ring (bicyclic) bond motifs is 1. The van der Waals surface area contributed by atoms with Gasteiger partial charge in [0, 0.05) is 24.9 Å². The third-order valence-electron chi connectivity index (χ3n) is 6.33. The van der Waals surface area contributed by atoms with Crippen LogP contribution >= 0.6 is 0 Å². The molecule has 4 unspecified atom stereocenters. The van der Waals surface area contributed by atoms with Gasteiger partial charge < -0.3 is 10.5 Å². The molecule has 0 saturated carbocycles. The van der Waals surface area contributed by atoms with E-state index in [0.29, 0.717) is 11.1 Å². The van der Waals surface area contributed by atoms with Crippen molar-refractivity contribution in [3.05, 3.63) is 52.2 Å². The molecule has 0 spiro atoms. The quantitative estimate of drug-likeness (QED) is 0.287. The molecule has 34 heavy (non-hydrogen) atoms. The molecule has 4 atom stereocenters. The smallest absolute Gasteiger partial charge is 0.522 e. The van der Waals surface area contributed by atoms with Crippen molar-refractivity contribution in [3.63, 3.8) is 0 Å². The van der Waals surface area contributed by atoms with E-state index in [2.05, 4.69) is 15.4 Å². The van der Waals surface area contributed by atoms with Crippen molar-refractivity contribution in [2.24, 2.45) is 5.92 Å². The van der Waals surface area contributed by atoms with Gasteiger partial charge in [-0.25, -0.2) is 4.79 Å². The number of hydroxylamine groups is 3. The number of halogens is 3. The molecule has 0 bridgehead atoms. The zero-order valence-corrected chi connectivity index (χ0v) is 17.9. The number of piperidine rings is 1. The van der Waals surface area contributed by atoms with Crippen LogP contribution in [-0.2, 0) is 32.2 Å². The highest BCUT2D eigenvalue weighted by molar-refractivity contribution is 6.02. The van der Waals surface area contributed by atoms with Gasteiger partial charge in [0.25, 0.3) is 5.91 Å². The lowest BCUT2D eigenvalue weighted by molar-refractivity contribution is -0.825. The Hall–Kier alpha value is -3.09. The minimum Gasteiger partial charge on any atom is -0.624 e. The Kier molecular flexibility index (Phi) is 6.32. The molecule has 1 aromatic rings. The van der Waals surface area contributed by atoms with Gasteiger partial charge in [0.1, 0.15) is 6.54 Å². The van der Waals surface area contributed by atoms with Gasteiger partial charge in [0.05, 0.1) is 17.6 Å². The van der Waals surface area contributed by atoms with Crippen LogP contribution in [-0.4, -0.2) is 46.8 Å². The van der Waals surface area contributed by atoms with Gasteiger partial charge in [-0.3, -0.25) is 29.1 Å². The summed E-state index contributed by atoms with van der Waals surface area (Å²) in [5.74, 6) is -3.42. The molecule has 4 amide bonds. The molecule has 2 N–H and O–H groups in total. The average Bonchev–Trinajstić information content (AvgIpc) is 3.02. The summed E-state index contributed by atoms with van der Waals surface area (Å²) < 4.78 is 40.1. The fraction of sp³-hybridized carbons (Fsp3) is 0.455. The standard InChI is InChI=1S/C22H22F3N3O6/c23-22(24,25)34-14-5-1-3-12(9-14)19(30)26-10-13-4-2-6-15-16(13)11-28(33,21(15)32)17-7-8-18(29)27-20(17)31/h1-4,6,12,14,17H,5,7-11H2,(H,26,30)(H,27,29,31). The second-order valence-electron chi connectivity index (χ2n) is 8.58. The summed E-state index contributed by atoms with van der Waals surface area (Å²) in [5.41, 5.74) is 1.03. The summed E-state index contributed by atoms with van der Waals surface area (Å²) in [6, 6.07) is 3.39. The van der Waals surface area contributed by atoms with Gasteiger partial charge in [-0.2, -0.15) is 0 Å². The van der Waals surface area contributed by atoms with E-state index in [9.17, 15) is 37.6 Å². The minimum atomic E-state index is -4.79. The minimum absolute atomic E-state index is 0.0425. The summed E-state index contributed by atoms with van der Waals surface area (Å²) in [7, 11) is 0. The number of alkyl halides is 3. The number of nitrogens with one attached hydrogen (secondary N) is 2. The largest absolute Gasteiger partial charge is 0.624 e. The number of hydrogen-bond donors (Lipinski definition) is 2. The molecule has 0 radical (unpaired) electrons. The third kappa shape index (κ3) is 4.74. The van der Waals surface area contributed by atoms with E-state index in [1.165, 1.54) is 18.2 Å². The van der Waals surface area contributed by atoms with Gasteiger partial charge >= 0.3 is 12.3 Å². The van der Waals surface area contributed by atoms with Crippen LogP contribution in [0.1, 0.15) is 47.2 Å². The molecular weight excluding hydrogens is 459 g/mol. The number of ether oxygens (including phenoxy) is 1. The number of nitrogens with zero attached hydrogens (tertiary/aromatic N) is 1. The first-order chi connectivity index (χ1) is 16.0. The van der Waals surface area contributed by atoms with Crippen molar-refractivity contribution in [1.82, 2.24) is 10.6 Å². The van der Waals surface area contributed by atoms with Crippen LogP contribution in [0.5, 0.6) is 0 Å². The van der Waals surface area contributed by atoms with E-state index in [1.807, 2.05) is 0 Å². The summed E-state index contributed by atoms with van der Waals surface area (Å²) >= 11 is 0. The molecular formula is C22H22F3N3O6. The zero-order valence-electron chi connectivity index (χ0n) is 17.9. The average molecular weight is 481 g/mol. The first kappa shape index (κ1) is 24.0. The van der Waals surface area contributed by atoms with Gasteiger partial charge in [0.15, 0.2) is 6.04 Å². The van der Waals surface area contributed by atoms with Crippen LogP contribution in [0.2, 0.25) is 0 Å². The normalized spacial score (nSPS) is 29.1. The number of rotatable bonds is 5. The maximum absolute atomic E-state index is 13.5. The van der Waals surface area contributed by atoms with Crippen molar-refractivity contribution in [2.75, 3.05) is 0 Å². The van der Waals surface area contributed by atoms with Crippen LogP contribution in [0.25, 0.3) is 0 Å². The van der Waals surface area contributed by atoms with Crippen molar-refractivity contribution >= 4 is 23.6 Å². The summed E-state index contributed by atoms with van der Waals surface area (Å²) in [6.07, 6.45) is -3.15. The lowest BCUT2D eigenvalue weighted by atomic mass is 9.92. The maximum Gasteiger partial charge on any atom is 0.522 e. The van der Waals surface area contributed by atoms with Crippen molar-refractivity contribution in [3.8, 4) is 0 Å². The van der Waals surface area contributed by atoms with E-state index in [0.717, 1.165) is 0 Å². The molecule has 12 heteroatoms. The number of carbonyl (C=O) groups is 4. The van der Waals surface area contributed by atoms with Crippen LogP contribution in [0, 0.1) is 11.1 Å². The Balaban J connectivity index is 1.44. The summed E-state index contributed by atoms with van der Waals surface area (Å²) in [6.45, 7) is -0.378. The number of amides is 4. The molecule has 182 valence electrons. The van der Waals surface area contributed by atoms with Gasteiger partial charge in [-0.05, 0) is 24.5 Å². The van der Waals surface area contributed by atoms with Gasteiger partial charge in [-0.15, -0.1) is 13.2 Å². The molecule has 4 rings (SSSR count). The molecule has 1 saturated heterocycles. The molecule has 2 heterocycles. The Morgan fingerprint density at radius 3 is 2.74 bits per heavy atom. The lowest BCUT2D eigenvalue weighted by Gasteiger charge is -2.42. The number of quaternary nitrogens is 1. The van der Waals surface area contributed by atoms with Crippen molar-refractivity contribution < 1.29 is 41.7 Å². The first-order valence-corrected chi connectivity index (χ1v) is 10.7. The maximum atomic E-state index is 13.5. The van der Waals surface area contributed by atoms with E-state index >= 15 is 0 Å². The molecule has 2 aliphatic heterocycles. The summed E-state index contributed by atoms with van der Waals surface area (Å²) in [5, 5.41) is 18.2. The molecule has 1 aliphatic carbocycles. The number of hydrogen-bond acceptors (Lipinski definition) is 6.